The van der Waals surface area contributed by atoms with Crippen LogP contribution in [0.4, 0.5) is 5.69 Å². The quantitative estimate of drug-likeness (QED) is 0.425. The Hall–Kier alpha value is -2.69. The van der Waals surface area contributed by atoms with Gasteiger partial charge in [-0.15, -0.1) is 0 Å². The summed E-state index contributed by atoms with van der Waals surface area (Å²) < 4.78 is 37.1. The van der Waals surface area contributed by atoms with Crippen LogP contribution in [0.5, 0.6) is 11.5 Å². The van der Waals surface area contributed by atoms with E-state index in [0.29, 0.717) is 27.9 Å². The smallest absolute Gasteiger partial charge is 0.244 e. The molecule has 0 saturated heterocycles. The summed E-state index contributed by atoms with van der Waals surface area (Å²) in [5.41, 5.74) is 0.753. The number of amides is 2. The number of hydrogen-bond acceptors (Lipinski definition) is 6. The molecule has 0 heterocycles. The maximum Gasteiger partial charge on any atom is 0.244 e. The van der Waals surface area contributed by atoms with Crippen molar-refractivity contribution in [3.8, 4) is 11.5 Å². The standard InChI is InChI=1S/C24H31Cl2N3O6S/c1-6-11-27-24(31)16(2)28(14-17-7-9-19(25)20(26)12-17)23(30)15-29(36(5,32)33)21-13-18(34-3)8-10-22(21)35-4/h7-10,12-13,16H,6,11,14-15H2,1-5H3,(H,27,31)/t16-/m0/s1. The zero-order valence-electron chi connectivity index (χ0n) is 20.9. The van der Waals surface area contributed by atoms with Crippen molar-refractivity contribution < 1.29 is 27.5 Å². The number of nitrogens with one attached hydrogen (secondary N) is 1. The number of methoxy groups -OCH3 is 2. The average molecular weight is 561 g/mol. The van der Waals surface area contributed by atoms with Crippen LogP contribution in [0.3, 0.4) is 0 Å². The molecule has 0 aliphatic heterocycles. The summed E-state index contributed by atoms with van der Waals surface area (Å²) in [6.07, 6.45) is 1.70. The van der Waals surface area contributed by atoms with Crippen molar-refractivity contribution in [1.29, 1.82) is 0 Å². The molecule has 1 N–H and O–H groups in total. The van der Waals surface area contributed by atoms with E-state index in [9.17, 15) is 18.0 Å². The molecule has 9 nitrogen and oxygen atoms in total. The van der Waals surface area contributed by atoms with Crippen molar-refractivity contribution in [3.05, 3.63) is 52.0 Å². The SMILES string of the molecule is CCCNC(=O)[C@H](C)N(Cc1ccc(Cl)c(Cl)c1)C(=O)CN(c1cc(OC)ccc1OC)S(C)(=O)=O. The van der Waals surface area contributed by atoms with Crippen molar-refractivity contribution in [2.24, 2.45) is 0 Å². The van der Waals surface area contributed by atoms with E-state index in [2.05, 4.69) is 5.32 Å². The van der Waals surface area contributed by atoms with Gasteiger partial charge in [0.25, 0.3) is 0 Å². The number of carbonyl (C=O) groups excluding carboxylic acids is 2. The Morgan fingerprint density at radius 3 is 2.31 bits per heavy atom. The van der Waals surface area contributed by atoms with E-state index < -0.39 is 28.5 Å². The van der Waals surface area contributed by atoms with Crippen molar-refractivity contribution in [3.63, 3.8) is 0 Å². The van der Waals surface area contributed by atoms with Gasteiger partial charge in [0.15, 0.2) is 0 Å². The van der Waals surface area contributed by atoms with Crippen LogP contribution < -0.4 is 19.1 Å². The number of nitrogens with zero attached hydrogens (tertiary/aromatic N) is 2. The lowest BCUT2D eigenvalue weighted by Crippen LogP contribution is -2.51. The second-order valence-corrected chi connectivity index (χ2v) is 10.8. The molecule has 0 unspecified atom stereocenters. The fourth-order valence-electron chi connectivity index (χ4n) is 3.40. The maximum absolute atomic E-state index is 13.6. The number of halogens is 2. The van der Waals surface area contributed by atoms with Crippen LogP contribution in [0.15, 0.2) is 36.4 Å². The normalized spacial score (nSPS) is 12.0. The van der Waals surface area contributed by atoms with Gasteiger partial charge in [-0.3, -0.25) is 13.9 Å². The first-order chi connectivity index (χ1) is 16.9. The van der Waals surface area contributed by atoms with Crippen LogP contribution in [0.2, 0.25) is 10.0 Å². The topological polar surface area (TPSA) is 105 Å². The van der Waals surface area contributed by atoms with Gasteiger partial charge in [0, 0.05) is 19.2 Å². The lowest BCUT2D eigenvalue weighted by molar-refractivity contribution is -0.139. The molecule has 36 heavy (non-hydrogen) atoms. The number of carbonyl (C=O) groups is 2. The molecule has 2 amide bonds. The molecule has 12 heteroatoms. The summed E-state index contributed by atoms with van der Waals surface area (Å²) in [5, 5.41) is 3.42. The Balaban J connectivity index is 2.48. The van der Waals surface area contributed by atoms with E-state index in [0.717, 1.165) is 17.0 Å². The van der Waals surface area contributed by atoms with Gasteiger partial charge >= 0.3 is 0 Å². The highest BCUT2D eigenvalue weighted by Crippen LogP contribution is 2.34. The first kappa shape index (κ1) is 29.5. The maximum atomic E-state index is 13.6. The predicted octanol–water partition coefficient (Wildman–Crippen LogP) is 3.72. The molecule has 0 radical (unpaired) electrons. The first-order valence-corrected chi connectivity index (χ1v) is 13.7. The number of benzene rings is 2. The molecule has 0 spiro atoms. The minimum atomic E-state index is -3.94. The highest BCUT2D eigenvalue weighted by molar-refractivity contribution is 7.92. The van der Waals surface area contributed by atoms with Gasteiger partial charge < -0.3 is 19.7 Å². The van der Waals surface area contributed by atoms with Gasteiger partial charge in [-0.1, -0.05) is 36.2 Å². The van der Waals surface area contributed by atoms with E-state index in [-0.39, 0.29) is 23.9 Å². The molecule has 0 bridgehead atoms. The summed E-state index contributed by atoms with van der Waals surface area (Å²) in [5.74, 6) is -0.351. The molecule has 0 aliphatic rings. The minimum Gasteiger partial charge on any atom is -0.497 e. The highest BCUT2D eigenvalue weighted by Gasteiger charge is 2.31. The van der Waals surface area contributed by atoms with Crippen molar-refractivity contribution >= 4 is 50.7 Å². The third-order valence-electron chi connectivity index (χ3n) is 5.39. The predicted molar refractivity (Wildman–Crippen MR) is 142 cm³/mol. The summed E-state index contributed by atoms with van der Waals surface area (Å²) in [6, 6.07) is 8.60. The van der Waals surface area contributed by atoms with E-state index in [1.54, 1.807) is 37.3 Å². The van der Waals surface area contributed by atoms with Crippen LogP contribution >= 0.6 is 23.2 Å². The van der Waals surface area contributed by atoms with E-state index >= 15 is 0 Å². The molecule has 198 valence electrons. The number of anilines is 1. The molecular formula is C24H31Cl2N3O6S. The van der Waals surface area contributed by atoms with Crippen LogP contribution in [-0.2, 0) is 26.2 Å². The van der Waals surface area contributed by atoms with E-state index in [4.69, 9.17) is 32.7 Å². The number of rotatable bonds is 12. The molecule has 2 aromatic rings. The van der Waals surface area contributed by atoms with Gasteiger partial charge in [-0.25, -0.2) is 8.42 Å². The average Bonchev–Trinajstić information content (AvgIpc) is 2.84. The Kier molecular flexibility index (Phi) is 10.7. The van der Waals surface area contributed by atoms with Crippen molar-refractivity contribution in [2.45, 2.75) is 32.9 Å². The van der Waals surface area contributed by atoms with Gasteiger partial charge in [0.05, 0.1) is 36.2 Å². The van der Waals surface area contributed by atoms with Crippen LogP contribution in [0.1, 0.15) is 25.8 Å². The van der Waals surface area contributed by atoms with Gasteiger partial charge in [0.2, 0.25) is 21.8 Å². The van der Waals surface area contributed by atoms with Gasteiger partial charge in [-0.05, 0) is 43.2 Å². The monoisotopic (exact) mass is 559 g/mol. The third-order valence-corrected chi connectivity index (χ3v) is 7.25. The molecule has 0 fully saturated rings. The van der Waals surface area contributed by atoms with Crippen molar-refractivity contribution in [1.82, 2.24) is 10.2 Å². The molecule has 0 aliphatic carbocycles. The Labute approximate surface area is 222 Å². The molecule has 2 aromatic carbocycles. The fraction of sp³-hybridized carbons (Fsp3) is 0.417. The first-order valence-electron chi connectivity index (χ1n) is 11.1. The Morgan fingerprint density at radius 1 is 1.06 bits per heavy atom. The number of hydrogen-bond donors (Lipinski definition) is 1. The highest BCUT2D eigenvalue weighted by atomic mass is 35.5. The fourth-order valence-corrected chi connectivity index (χ4v) is 4.57. The zero-order chi connectivity index (χ0) is 27.0. The van der Waals surface area contributed by atoms with Crippen LogP contribution in [0, 0.1) is 0 Å². The second kappa shape index (κ2) is 13.0. The summed E-state index contributed by atoms with van der Waals surface area (Å²) >= 11 is 12.2. The Morgan fingerprint density at radius 2 is 1.75 bits per heavy atom. The van der Waals surface area contributed by atoms with Gasteiger partial charge in [-0.2, -0.15) is 0 Å². The minimum absolute atomic E-state index is 0.00326. The lowest BCUT2D eigenvalue weighted by atomic mass is 10.1. The van der Waals surface area contributed by atoms with Crippen molar-refractivity contribution in [2.75, 3.05) is 37.9 Å². The van der Waals surface area contributed by atoms with Crippen LogP contribution in [0.25, 0.3) is 0 Å². The number of ether oxygens (including phenoxy) is 2. The summed E-state index contributed by atoms with van der Waals surface area (Å²) in [4.78, 5) is 27.7. The molecule has 0 aromatic heterocycles. The summed E-state index contributed by atoms with van der Waals surface area (Å²) in [6.45, 7) is 3.36. The van der Waals surface area contributed by atoms with E-state index in [1.165, 1.54) is 25.2 Å². The Bertz CT molecular complexity index is 1190. The second-order valence-electron chi connectivity index (χ2n) is 8.04. The third kappa shape index (κ3) is 7.65. The largest absolute Gasteiger partial charge is 0.497 e. The van der Waals surface area contributed by atoms with Crippen LogP contribution in [-0.4, -0.2) is 64.7 Å². The molecule has 1 atom stereocenters. The van der Waals surface area contributed by atoms with Gasteiger partial charge in [0.1, 0.15) is 24.1 Å². The molecule has 0 saturated carbocycles. The number of sulfonamides is 1. The summed E-state index contributed by atoms with van der Waals surface area (Å²) in [7, 11) is -1.10. The van der Waals surface area contributed by atoms with E-state index in [1.807, 2.05) is 6.92 Å². The molecule has 2 rings (SSSR count). The zero-order valence-corrected chi connectivity index (χ0v) is 23.2. The molecular weight excluding hydrogens is 529 g/mol. The lowest BCUT2D eigenvalue weighted by Gasteiger charge is -2.32.